The highest BCUT2D eigenvalue weighted by molar-refractivity contribution is 7.99. The van der Waals surface area contributed by atoms with Crippen LogP contribution in [0.3, 0.4) is 0 Å². The minimum absolute atomic E-state index is 0.785. The first kappa shape index (κ1) is 13.2. The third-order valence-electron chi connectivity index (χ3n) is 2.53. The van der Waals surface area contributed by atoms with Gasteiger partial charge in [0.15, 0.2) is 5.16 Å². The normalized spacial score (nSPS) is 11.3. The summed E-state index contributed by atoms with van der Waals surface area (Å²) in [5.41, 5.74) is 5.10. The molecule has 0 aliphatic carbocycles. The monoisotopic (exact) mass is 279 g/mol. The number of aromatic nitrogens is 3. The van der Waals surface area contributed by atoms with E-state index in [4.69, 9.17) is 11.6 Å². The molecule has 0 spiro atoms. The molecule has 1 heterocycles. The second-order valence-electron chi connectivity index (χ2n) is 3.95. The molecule has 1 aromatic heterocycles. The van der Waals surface area contributed by atoms with Crippen LogP contribution in [-0.2, 0) is 0 Å². The van der Waals surface area contributed by atoms with E-state index < -0.39 is 0 Å². The van der Waals surface area contributed by atoms with Crippen molar-refractivity contribution < 1.29 is 0 Å². The summed E-state index contributed by atoms with van der Waals surface area (Å²) in [6.45, 7) is 4.18. The topological polar surface area (TPSA) is 30.7 Å². The molecule has 0 N–H and O–H groups in total. The lowest BCUT2D eigenvalue weighted by Gasteiger charge is -2.09. The van der Waals surface area contributed by atoms with E-state index in [1.165, 1.54) is 16.7 Å². The van der Waals surface area contributed by atoms with E-state index in [9.17, 15) is 0 Å². The van der Waals surface area contributed by atoms with Gasteiger partial charge in [-0.05, 0) is 25.5 Å². The summed E-state index contributed by atoms with van der Waals surface area (Å²) < 4.78 is 2.00. The van der Waals surface area contributed by atoms with Crippen LogP contribution in [0.5, 0.6) is 0 Å². The zero-order valence-electron chi connectivity index (χ0n) is 10.3. The molecular formula is C13H14ClN3S. The summed E-state index contributed by atoms with van der Waals surface area (Å²) in [5.74, 6) is 0.785. The standard InChI is InChI=1S/C13H14ClN3S/c1-10-4-5-12(11(2)8-10)17-9-15-16-13(17)18-7-3-6-14/h3-6,8-9H,7H2,1-2H3/b6-3+. The number of benzene rings is 1. The Morgan fingerprint density at radius 3 is 2.94 bits per heavy atom. The lowest BCUT2D eigenvalue weighted by atomic mass is 10.1. The number of nitrogens with zero attached hydrogens (tertiary/aromatic N) is 3. The van der Waals surface area contributed by atoms with Crippen molar-refractivity contribution in [3.8, 4) is 5.69 Å². The number of hydrogen-bond acceptors (Lipinski definition) is 3. The van der Waals surface area contributed by atoms with E-state index >= 15 is 0 Å². The smallest absolute Gasteiger partial charge is 0.195 e. The SMILES string of the molecule is Cc1ccc(-n2cnnc2SC/C=C/Cl)c(C)c1. The van der Waals surface area contributed by atoms with E-state index in [1.807, 2.05) is 10.6 Å². The van der Waals surface area contributed by atoms with Crippen molar-refractivity contribution in [3.05, 3.63) is 47.3 Å². The fourth-order valence-electron chi connectivity index (χ4n) is 1.72. The largest absolute Gasteiger partial charge is 0.276 e. The number of hydrogen-bond donors (Lipinski definition) is 0. The second kappa shape index (κ2) is 6.07. The number of halogens is 1. The van der Waals surface area contributed by atoms with Gasteiger partial charge in [-0.3, -0.25) is 4.57 Å². The second-order valence-corrected chi connectivity index (χ2v) is 5.19. The highest BCUT2D eigenvalue weighted by atomic mass is 35.5. The Bertz CT molecular complexity index is 563. The van der Waals surface area contributed by atoms with Gasteiger partial charge in [-0.2, -0.15) is 0 Å². The molecule has 3 nitrogen and oxygen atoms in total. The molecule has 0 saturated heterocycles. The number of rotatable bonds is 4. The average molecular weight is 280 g/mol. The van der Waals surface area contributed by atoms with E-state index in [0.717, 1.165) is 16.6 Å². The molecule has 18 heavy (non-hydrogen) atoms. The van der Waals surface area contributed by atoms with Crippen molar-refractivity contribution in [3.63, 3.8) is 0 Å². The minimum Gasteiger partial charge on any atom is -0.276 e. The van der Waals surface area contributed by atoms with Gasteiger partial charge in [0.25, 0.3) is 0 Å². The van der Waals surface area contributed by atoms with E-state index in [1.54, 1.807) is 18.1 Å². The van der Waals surface area contributed by atoms with E-state index in [0.29, 0.717) is 0 Å². The molecule has 0 atom stereocenters. The molecule has 0 aliphatic rings. The third kappa shape index (κ3) is 2.94. The van der Waals surface area contributed by atoms with Crippen molar-refractivity contribution >= 4 is 23.4 Å². The molecule has 0 bridgehead atoms. The van der Waals surface area contributed by atoms with Gasteiger partial charge >= 0.3 is 0 Å². The maximum atomic E-state index is 5.50. The fourth-order valence-corrected chi connectivity index (χ4v) is 2.65. The molecule has 0 fully saturated rings. The van der Waals surface area contributed by atoms with Gasteiger partial charge < -0.3 is 0 Å². The maximum absolute atomic E-state index is 5.50. The van der Waals surface area contributed by atoms with Gasteiger partial charge in [-0.1, -0.05) is 47.1 Å². The predicted octanol–water partition coefficient (Wildman–Crippen LogP) is 3.73. The summed E-state index contributed by atoms with van der Waals surface area (Å²) in [6, 6.07) is 6.34. The van der Waals surface area contributed by atoms with Crippen LogP contribution in [-0.4, -0.2) is 20.5 Å². The average Bonchev–Trinajstić information content (AvgIpc) is 2.78. The molecule has 0 radical (unpaired) electrons. The van der Waals surface area contributed by atoms with Crippen LogP contribution < -0.4 is 0 Å². The highest BCUT2D eigenvalue weighted by Gasteiger charge is 2.08. The first-order valence-corrected chi connectivity index (χ1v) is 7.00. The Balaban J connectivity index is 2.30. The van der Waals surface area contributed by atoms with Gasteiger partial charge in [0.1, 0.15) is 6.33 Å². The van der Waals surface area contributed by atoms with Crippen LogP contribution in [0.1, 0.15) is 11.1 Å². The quantitative estimate of drug-likeness (QED) is 0.799. The molecule has 2 aromatic rings. The zero-order valence-corrected chi connectivity index (χ0v) is 11.9. The van der Waals surface area contributed by atoms with Crippen molar-refractivity contribution in [2.45, 2.75) is 19.0 Å². The van der Waals surface area contributed by atoms with Crippen molar-refractivity contribution in [1.82, 2.24) is 14.8 Å². The van der Waals surface area contributed by atoms with E-state index in [2.05, 4.69) is 42.2 Å². The van der Waals surface area contributed by atoms with Crippen molar-refractivity contribution in [2.75, 3.05) is 5.75 Å². The Labute approximate surface area is 116 Å². The molecule has 1 aromatic carbocycles. The zero-order chi connectivity index (χ0) is 13.0. The Morgan fingerprint density at radius 2 is 2.22 bits per heavy atom. The van der Waals surface area contributed by atoms with Crippen LogP contribution in [0.15, 0.2) is 41.3 Å². The lowest BCUT2D eigenvalue weighted by Crippen LogP contribution is -1.98. The Hall–Kier alpha value is -1.26. The van der Waals surface area contributed by atoms with Crippen LogP contribution in [0.25, 0.3) is 5.69 Å². The molecule has 0 amide bonds. The van der Waals surface area contributed by atoms with Gasteiger partial charge in [0.05, 0.1) is 5.69 Å². The van der Waals surface area contributed by atoms with Gasteiger partial charge in [-0.25, -0.2) is 0 Å². The van der Waals surface area contributed by atoms with Crippen LogP contribution in [0.2, 0.25) is 0 Å². The molecule has 5 heteroatoms. The molecular weight excluding hydrogens is 266 g/mol. The summed E-state index contributed by atoms with van der Waals surface area (Å²) in [5, 5.41) is 8.97. The molecule has 0 unspecified atom stereocenters. The third-order valence-corrected chi connectivity index (χ3v) is 3.60. The summed E-state index contributed by atoms with van der Waals surface area (Å²) in [4.78, 5) is 0. The highest BCUT2D eigenvalue weighted by Crippen LogP contribution is 2.22. The van der Waals surface area contributed by atoms with E-state index in [-0.39, 0.29) is 0 Å². The summed E-state index contributed by atoms with van der Waals surface area (Å²) in [7, 11) is 0. The first-order chi connectivity index (χ1) is 8.72. The van der Waals surface area contributed by atoms with Crippen LogP contribution in [0, 0.1) is 13.8 Å². The summed E-state index contributed by atoms with van der Waals surface area (Å²) in [6.07, 6.45) is 3.62. The Kier molecular flexibility index (Phi) is 4.44. The fraction of sp³-hybridized carbons (Fsp3) is 0.231. The molecule has 0 aliphatic heterocycles. The minimum atomic E-state index is 0.785. The summed E-state index contributed by atoms with van der Waals surface area (Å²) >= 11 is 7.11. The molecule has 94 valence electrons. The van der Waals surface area contributed by atoms with Crippen molar-refractivity contribution in [2.24, 2.45) is 0 Å². The lowest BCUT2D eigenvalue weighted by molar-refractivity contribution is 0.879. The maximum Gasteiger partial charge on any atom is 0.195 e. The van der Waals surface area contributed by atoms with Crippen molar-refractivity contribution in [1.29, 1.82) is 0 Å². The number of aryl methyl sites for hydroxylation is 2. The van der Waals surface area contributed by atoms with Gasteiger partial charge in [-0.15, -0.1) is 10.2 Å². The first-order valence-electron chi connectivity index (χ1n) is 5.58. The Morgan fingerprint density at radius 1 is 1.39 bits per heavy atom. The van der Waals surface area contributed by atoms with Crippen LogP contribution in [0.4, 0.5) is 0 Å². The molecule has 0 saturated carbocycles. The van der Waals surface area contributed by atoms with Gasteiger partial charge in [0, 0.05) is 11.3 Å². The van der Waals surface area contributed by atoms with Gasteiger partial charge in [0.2, 0.25) is 0 Å². The van der Waals surface area contributed by atoms with Crippen LogP contribution >= 0.6 is 23.4 Å². The predicted molar refractivity (Wildman–Crippen MR) is 76.6 cm³/mol. The molecule has 2 rings (SSSR count). The number of thioether (sulfide) groups is 1.